The van der Waals surface area contributed by atoms with Crippen LogP contribution in [-0.4, -0.2) is 13.2 Å². The normalized spacial score (nSPS) is 11.0. The molecule has 0 aliphatic carbocycles. The van der Waals surface area contributed by atoms with Gasteiger partial charge in [-0.15, -0.1) is 0 Å². The zero-order chi connectivity index (χ0) is 17.9. The summed E-state index contributed by atoms with van der Waals surface area (Å²) < 4.78 is 11.8. The maximum absolute atomic E-state index is 5.90. The van der Waals surface area contributed by atoms with Crippen molar-refractivity contribution in [3.8, 4) is 22.6 Å². The molecule has 4 rings (SSSR count). The van der Waals surface area contributed by atoms with Crippen molar-refractivity contribution in [2.75, 3.05) is 13.2 Å². The molecule has 4 aromatic carbocycles. The van der Waals surface area contributed by atoms with Crippen molar-refractivity contribution in [1.82, 2.24) is 0 Å². The molecule has 0 heterocycles. The van der Waals surface area contributed by atoms with Gasteiger partial charge in [-0.05, 0) is 47.5 Å². The maximum Gasteiger partial charge on any atom is 0.127 e. The van der Waals surface area contributed by atoms with Gasteiger partial charge in [0, 0.05) is 11.1 Å². The molecule has 4 aromatic rings. The molecule has 0 aromatic heterocycles. The standard InChI is InChI=1S/C24H20O2/c1-3-25-21-15-13-17-9-5-7-11-19(17)23(21)24-20-12-8-6-10-18(20)14-16-22(24)26-4-2/h5-16H,1-4H2. The third-order valence-electron chi connectivity index (χ3n) is 4.55. The predicted octanol–water partition coefficient (Wildman–Crippen LogP) is 6.09. The van der Waals surface area contributed by atoms with E-state index in [4.69, 9.17) is 9.47 Å². The van der Waals surface area contributed by atoms with Gasteiger partial charge >= 0.3 is 0 Å². The van der Waals surface area contributed by atoms with E-state index in [1.165, 1.54) is 0 Å². The zero-order valence-corrected chi connectivity index (χ0v) is 14.6. The molecule has 0 fully saturated rings. The summed E-state index contributed by atoms with van der Waals surface area (Å²) in [5.74, 6) is 1.62. The molecule has 2 nitrogen and oxygen atoms in total. The number of hydrogen-bond acceptors (Lipinski definition) is 2. The highest BCUT2D eigenvalue weighted by molar-refractivity contribution is 6.09. The van der Waals surface area contributed by atoms with Crippen LogP contribution >= 0.6 is 0 Å². The monoisotopic (exact) mass is 340 g/mol. The third-order valence-corrected chi connectivity index (χ3v) is 4.55. The van der Waals surface area contributed by atoms with Crippen LogP contribution in [0.3, 0.4) is 0 Å². The number of fused-ring (bicyclic) bond motifs is 2. The van der Waals surface area contributed by atoms with Gasteiger partial charge in [0.15, 0.2) is 0 Å². The Morgan fingerprint density at radius 1 is 0.538 bits per heavy atom. The summed E-state index contributed by atoms with van der Waals surface area (Å²) in [6.07, 6.45) is 0. The van der Waals surface area contributed by atoms with Gasteiger partial charge in [-0.25, -0.2) is 0 Å². The van der Waals surface area contributed by atoms with Crippen molar-refractivity contribution in [3.05, 3.63) is 86.6 Å². The molecule has 0 aliphatic rings. The van der Waals surface area contributed by atoms with E-state index in [1.54, 1.807) is 0 Å². The van der Waals surface area contributed by atoms with Gasteiger partial charge < -0.3 is 9.47 Å². The van der Waals surface area contributed by atoms with Crippen molar-refractivity contribution >= 4 is 21.5 Å². The lowest BCUT2D eigenvalue weighted by molar-refractivity contribution is 0.358. The first kappa shape index (κ1) is 16.5. The first-order valence-electron chi connectivity index (χ1n) is 8.71. The summed E-state index contributed by atoms with van der Waals surface area (Å²) in [4.78, 5) is 0. The maximum atomic E-state index is 5.90. The van der Waals surface area contributed by atoms with Crippen molar-refractivity contribution in [3.63, 3.8) is 0 Å². The lowest BCUT2D eigenvalue weighted by Gasteiger charge is -2.19. The average Bonchev–Trinajstić information content (AvgIpc) is 2.69. The van der Waals surface area contributed by atoms with Crippen LogP contribution in [0.4, 0.5) is 0 Å². The van der Waals surface area contributed by atoms with Crippen LogP contribution in [-0.2, 0) is 0 Å². The molecule has 0 bridgehead atoms. The van der Waals surface area contributed by atoms with E-state index in [9.17, 15) is 0 Å². The number of hydrogen-bond donors (Lipinski definition) is 0. The quantitative estimate of drug-likeness (QED) is 0.438. The Balaban J connectivity index is 2.15. The Labute approximate surface area is 154 Å². The predicted molar refractivity (Wildman–Crippen MR) is 109 cm³/mol. The summed E-state index contributed by atoms with van der Waals surface area (Å²) in [5, 5.41) is 4.58. The average molecular weight is 340 g/mol. The Morgan fingerprint density at radius 2 is 0.962 bits per heavy atom. The highest BCUT2D eigenvalue weighted by Gasteiger charge is 2.18. The van der Waals surface area contributed by atoms with Crippen LogP contribution in [0.25, 0.3) is 32.7 Å². The van der Waals surface area contributed by atoms with Gasteiger partial charge in [0.25, 0.3) is 0 Å². The molecule has 0 saturated carbocycles. The van der Waals surface area contributed by atoms with E-state index in [2.05, 4.69) is 50.2 Å². The van der Waals surface area contributed by atoms with Crippen molar-refractivity contribution in [1.29, 1.82) is 0 Å². The molecule has 0 unspecified atom stereocenters. The minimum Gasteiger partial charge on any atom is -0.493 e. The van der Waals surface area contributed by atoms with Crippen LogP contribution in [0.1, 0.15) is 0 Å². The lowest BCUT2D eigenvalue weighted by Crippen LogP contribution is -1.99. The molecule has 0 spiro atoms. The summed E-state index contributed by atoms with van der Waals surface area (Å²) in [6.45, 7) is 8.43. The van der Waals surface area contributed by atoms with Crippen LogP contribution in [0.5, 0.6) is 11.5 Å². The van der Waals surface area contributed by atoms with E-state index in [-0.39, 0.29) is 0 Å². The fourth-order valence-corrected chi connectivity index (χ4v) is 3.48. The van der Waals surface area contributed by atoms with E-state index in [0.717, 1.165) is 44.2 Å². The van der Waals surface area contributed by atoms with E-state index < -0.39 is 0 Å². The van der Waals surface area contributed by atoms with E-state index >= 15 is 0 Å². The molecule has 0 atom stereocenters. The highest BCUT2D eigenvalue weighted by Crippen LogP contribution is 2.45. The second kappa shape index (κ2) is 7.09. The van der Waals surface area contributed by atoms with Crippen molar-refractivity contribution in [2.45, 2.75) is 0 Å². The minimum atomic E-state index is 0.363. The summed E-state index contributed by atoms with van der Waals surface area (Å²) in [5.41, 5.74) is 2.07. The summed E-state index contributed by atoms with van der Waals surface area (Å²) in [7, 11) is 0. The molecular weight excluding hydrogens is 320 g/mol. The Morgan fingerprint density at radius 3 is 1.38 bits per heavy atom. The van der Waals surface area contributed by atoms with Crippen LogP contribution in [0, 0.1) is 13.8 Å². The number of benzene rings is 4. The fourth-order valence-electron chi connectivity index (χ4n) is 3.48. The van der Waals surface area contributed by atoms with Crippen LogP contribution in [0.2, 0.25) is 0 Å². The summed E-state index contributed by atoms with van der Waals surface area (Å²) >= 11 is 0. The van der Waals surface area contributed by atoms with Crippen LogP contribution < -0.4 is 9.47 Å². The van der Waals surface area contributed by atoms with Crippen LogP contribution in [0.15, 0.2) is 72.8 Å². The summed E-state index contributed by atoms with van der Waals surface area (Å²) in [6, 6.07) is 24.8. The van der Waals surface area contributed by atoms with E-state index in [0.29, 0.717) is 13.2 Å². The zero-order valence-electron chi connectivity index (χ0n) is 14.6. The number of ether oxygens (including phenoxy) is 2. The topological polar surface area (TPSA) is 18.5 Å². The fraction of sp³-hybridized carbons (Fsp3) is 0.0833. The smallest absolute Gasteiger partial charge is 0.127 e. The highest BCUT2D eigenvalue weighted by atomic mass is 16.5. The Kier molecular flexibility index (Phi) is 4.49. The molecule has 128 valence electrons. The molecule has 2 heteroatoms. The Bertz CT molecular complexity index is 979. The Hall–Kier alpha value is -3.00. The van der Waals surface area contributed by atoms with Gasteiger partial charge in [-0.3, -0.25) is 0 Å². The number of rotatable bonds is 5. The van der Waals surface area contributed by atoms with Gasteiger partial charge in [0.1, 0.15) is 11.5 Å². The van der Waals surface area contributed by atoms with Gasteiger partial charge in [0.05, 0.1) is 13.2 Å². The first-order valence-corrected chi connectivity index (χ1v) is 8.71. The second-order valence-corrected chi connectivity index (χ2v) is 6.02. The molecule has 0 saturated heterocycles. The molecule has 0 N–H and O–H groups in total. The molecular formula is C24H20O2. The van der Waals surface area contributed by atoms with Crippen molar-refractivity contribution < 1.29 is 9.47 Å². The second-order valence-electron chi connectivity index (χ2n) is 6.02. The van der Waals surface area contributed by atoms with E-state index in [1.807, 2.05) is 36.4 Å². The van der Waals surface area contributed by atoms with Crippen molar-refractivity contribution in [2.24, 2.45) is 0 Å². The largest absolute Gasteiger partial charge is 0.493 e. The first-order chi connectivity index (χ1) is 12.8. The SMILES string of the molecule is [CH2]COc1ccc2ccccc2c1-c1c(OC[CH2])ccc2ccccc12. The van der Waals surface area contributed by atoms with Gasteiger partial charge in [-0.1, -0.05) is 60.7 Å². The molecule has 26 heavy (non-hydrogen) atoms. The lowest BCUT2D eigenvalue weighted by atomic mass is 9.92. The third kappa shape index (κ3) is 2.78. The van der Waals surface area contributed by atoms with Gasteiger partial charge in [-0.2, -0.15) is 0 Å². The molecule has 2 radical (unpaired) electrons. The molecule has 0 aliphatic heterocycles. The molecule has 0 amide bonds. The van der Waals surface area contributed by atoms with Gasteiger partial charge in [0.2, 0.25) is 0 Å². The minimum absolute atomic E-state index is 0.363.